The molecule has 0 aliphatic carbocycles. The number of piperidine rings is 1. The first-order valence-corrected chi connectivity index (χ1v) is 7.68. The van der Waals surface area contributed by atoms with E-state index in [1.54, 1.807) is 29.2 Å². The molecule has 0 radical (unpaired) electrons. The molecular formula is C16H24N4O2. The molecule has 1 unspecified atom stereocenters. The predicted molar refractivity (Wildman–Crippen MR) is 86.8 cm³/mol. The number of amides is 3. The Morgan fingerprint density at radius 3 is 2.55 bits per heavy atom. The molecule has 120 valence electrons. The van der Waals surface area contributed by atoms with Crippen LogP contribution in [0.5, 0.6) is 0 Å². The molecule has 1 aliphatic heterocycles. The number of hydrogen-bond acceptors (Lipinski definition) is 3. The molecule has 6 heteroatoms. The second-order valence-corrected chi connectivity index (χ2v) is 5.98. The highest BCUT2D eigenvalue weighted by Gasteiger charge is 2.22. The number of nitrogens with zero attached hydrogens (tertiary/aromatic N) is 1. The lowest BCUT2D eigenvalue weighted by molar-refractivity contribution is 0.0709. The van der Waals surface area contributed by atoms with Gasteiger partial charge in [0.1, 0.15) is 0 Å². The SMILES string of the molecule is CC(C)NC(=O)Nc1ccc(C(=O)N2CCCC(N)C2)cc1. The third-order valence-electron chi connectivity index (χ3n) is 3.55. The Balaban J connectivity index is 1.96. The number of carbonyl (C=O) groups is 2. The first-order chi connectivity index (χ1) is 10.5. The lowest BCUT2D eigenvalue weighted by atomic mass is 10.1. The van der Waals surface area contributed by atoms with Crippen LogP contribution in [0.4, 0.5) is 10.5 Å². The average molecular weight is 304 g/mol. The van der Waals surface area contributed by atoms with Gasteiger partial charge in [0, 0.05) is 36.4 Å². The van der Waals surface area contributed by atoms with Crippen molar-refractivity contribution in [1.29, 1.82) is 0 Å². The van der Waals surface area contributed by atoms with Crippen LogP contribution in [0.15, 0.2) is 24.3 Å². The van der Waals surface area contributed by atoms with Gasteiger partial charge in [-0.15, -0.1) is 0 Å². The maximum absolute atomic E-state index is 12.4. The van der Waals surface area contributed by atoms with Gasteiger partial charge in [0.2, 0.25) is 0 Å². The van der Waals surface area contributed by atoms with Crippen LogP contribution in [0.2, 0.25) is 0 Å². The molecule has 1 saturated heterocycles. The molecule has 0 spiro atoms. The lowest BCUT2D eigenvalue weighted by Gasteiger charge is -2.30. The number of carbonyl (C=O) groups excluding carboxylic acids is 2. The Morgan fingerprint density at radius 1 is 1.27 bits per heavy atom. The third kappa shape index (κ3) is 4.46. The summed E-state index contributed by atoms with van der Waals surface area (Å²) in [5.41, 5.74) is 7.18. The maximum atomic E-state index is 12.4. The van der Waals surface area contributed by atoms with E-state index < -0.39 is 0 Å². The minimum absolute atomic E-state index is 0.00617. The molecule has 4 N–H and O–H groups in total. The fraction of sp³-hybridized carbons (Fsp3) is 0.500. The van der Waals surface area contributed by atoms with E-state index in [9.17, 15) is 9.59 Å². The zero-order valence-electron chi connectivity index (χ0n) is 13.1. The molecule has 2 rings (SSSR count). The highest BCUT2D eigenvalue weighted by Crippen LogP contribution is 2.15. The Morgan fingerprint density at radius 2 is 1.95 bits per heavy atom. The Kier molecular flexibility index (Phi) is 5.38. The number of benzene rings is 1. The van der Waals surface area contributed by atoms with E-state index in [2.05, 4.69) is 10.6 Å². The number of nitrogens with two attached hydrogens (primary N) is 1. The van der Waals surface area contributed by atoms with Gasteiger partial charge in [0.25, 0.3) is 5.91 Å². The van der Waals surface area contributed by atoms with Gasteiger partial charge in [-0.1, -0.05) is 0 Å². The van der Waals surface area contributed by atoms with Gasteiger partial charge in [0.05, 0.1) is 0 Å². The summed E-state index contributed by atoms with van der Waals surface area (Å²) in [6.45, 7) is 5.15. The van der Waals surface area contributed by atoms with Crippen molar-refractivity contribution >= 4 is 17.6 Å². The Labute approximate surface area is 131 Å². The molecule has 1 aromatic carbocycles. The van der Waals surface area contributed by atoms with Crippen molar-refractivity contribution in [3.8, 4) is 0 Å². The van der Waals surface area contributed by atoms with E-state index in [0.717, 1.165) is 19.4 Å². The van der Waals surface area contributed by atoms with Gasteiger partial charge in [-0.2, -0.15) is 0 Å². The minimum Gasteiger partial charge on any atom is -0.337 e. The van der Waals surface area contributed by atoms with Crippen LogP contribution < -0.4 is 16.4 Å². The summed E-state index contributed by atoms with van der Waals surface area (Å²) < 4.78 is 0. The number of likely N-dealkylation sites (tertiary alicyclic amines) is 1. The molecule has 6 nitrogen and oxygen atoms in total. The summed E-state index contributed by atoms with van der Waals surface area (Å²) in [6, 6.07) is 6.81. The molecule has 3 amide bonds. The van der Waals surface area contributed by atoms with Gasteiger partial charge in [-0.05, 0) is 51.0 Å². The smallest absolute Gasteiger partial charge is 0.319 e. The average Bonchev–Trinajstić information content (AvgIpc) is 2.46. The quantitative estimate of drug-likeness (QED) is 0.795. The van der Waals surface area contributed by atoms with Crippen molar-refractivity contribution in [3.63, 3.8) is 0 Å². The molecule has 0 saturated carbocycles. The van der Waals surface area contributed by atoms with Gasteiger partial charge >= 0.3 is 6.03 Å². The minimum atomic E-state index is -0.254. The van der Waals surface area contributed by atoms with Gasteiger partial charge in [-0.25, -0.2) is 4.79 Å². The molecule has 0 bridgehead atoms. The number of hydrogen-bond donors (Lipinski definition) is 3. The van der Waals surface area contributed by atoms with E-state index >= 15 is 0 Å². The van der Waals surface area contributed by atoms with E-state index in [1.165, 1.54) is 0 Å². The first-order valence-electron chi connectivity index (χ1n) is 7.68. The van der Waals surface area contributed by atoms with Crippen molar-refractivity contribution in [2.24, 2.45) is 5.73 Å². The van der Waals surface area contributed by atoms with E-state index in [4.69, 9.17) is 5.73 Å². The van der Waals surface area contributed by atoms with Crippen LogP contribution in [0.3, 0.4) is 0 Å². The molecule has 1 aromatic rings. The fourth-order valence-electron chi connectivity index (χ4n) is 2.50. The van der Waals surface area contributed by atoms with Gasteiger partial charge < -0.3 is 21.3 Å². The van der Waals surface area contributed by atoms with Crippen LogP contribution in [0, 0.1) is 0 Å². The summed E-state index contributed by atoms with van der Waals surface area (Å²) >= 11 is 0. The first kappa shape index (κ1) is 16.3. The van der Waals surface area contributed by atoms with Crippen molar-refractivity contribution in [2.45, 2.75) is 38.8 Å². The normalized spacial score (nSPS) is 18.2. The second-order valence-electron chi connectivity index (χ2n) is 5.98. The molecule has 22 heavy (non-hydrogen) atoms. The Bertz CT molecular complexity index is 527. The van der Waals surface area contributed by atoms with Crippen molar-refractivity contribution in [1.82, 2.24) is 10.2 Å². The predicted octanol–water partition coefficient (Wildman–Crippen LogP) is 1.78. The lowest BCUT2D eigenvalue weighted by Crippen LogP contribution is -2.45. The number of anilines is 1. The molecule has 1 fully saturated rings. The standard InChI is InChI=1S/C16H24N4O2/c1-11(2)18-16(22)19-14-7-5-12(6-8-14)15(21)20-9-3-4-13(17)10-20/h5-8,11,13H,3-4,9-10,17H2,1-2H3,(H2,18,19,22). The monoisotopic (exact) mass is 304 g/mol. The van der Waals surface area contributed by atoms with Crippen LogP contribution in [0.25, 0.3) is 0 Å². The third-order valence-corrected chi connectivity index (χ3v) is 3.55. The molecule has 1 atom stereocenters. The second kappa shape index (κ2) is 7.26. The van der Waals surface area contributed by atoms with Crippen LogP contribution in [-0.2, 0) is 0 Å². The fourth-order valence-corrected chi connectivity index (χ4v) is 2.50. The highest BCUT2D eigenvalue weighted by molar-refractivity contribution is 5.95. The number of nitrogens with one attached hydrogen (secondary N) is 2. The Hall–Kier alpha value is -2.08. The topological polar surface area (TPSA) is 87.5 Å². The maximum Gasteiger partial charge on any atom is 0.319 e. The summed E-state index contributed by atoms with van der Waals surface area (Å²) in [5.74, 6) is -0.00617. The zero-order chi connectivity index (χ0) is 16.1. The van der Waals surface area contributed by atoms with Gasteiger partial charge in [0.15, 0.2) is 0 Å². The summed E-state index contributed by atoms with van der Waals surface area (Å²) in [6.07, 6.45) is 1.92. The molecule has 1 heterocycles. The summed E-state index contributed by atoms with van der Waals surface area (Å²) in [7, 11) is 0. The van der Waals surface area contributed by atoms with E-state index in [1.807, 2.05) is 13.8 Å². The van der Waals surface area contributed by atoms with Crippen LogP contribution >= 0.6 is 0 Å². The van der Waals surface area contributed by atoms with Gasteiger partial charge in [-0.3, -0.25) is 4.79 Å². The number of urea groups is 1. The van der Waals surface area contributed by atoms with Crippen LogP contribution in [-0.4, -0.2) is 42.0 Å². The van der Waals surface area contributed by atoms with Crippen molar-refractivity contribution in [2.75, 3.05) is 18.4 Å². The molecule has 0 aromatic heterocycles. The molecular weight excluding hydrogens is 280 g/mol. The summed E-state index contributed by atoms with van der Waals surface area (Å²) in [5, 5.41) is 5.48. The van der Waals surface area contributed by atoms with Crippen LogP contribution in [0.1, 0.15) is 37.0 Å². The van der Waals surface area contributed by atoms with E-state index in [0.29, 0.717) is 17.8 Å². The largest absolute Gasteiger partial charge is 0.337 e. The van der Waals surface area contributed by atoms with Crippen molar-refractivity contribution < 1.29 is 9.59 Å². The number of rotatable bonds is 3. The molecule has 1 aliphatic rings. The zero-order valence-corrected chi connectivity index (χ0v) is 13.1. The van der Waals surface area contributed by atoms with E-state index in [-0.39, 0.29) is 24.0 Å². The summed E-state index contributed by atoms with van der Waals surface area (Å²) in [4.78, 5) is 25.8. The van der Waals surface area contributed by atoms with Crippen molar-refractivity contribution in [3.05, 3.63) is 29.8 Å². The highest BCUT2D eigenvalue weighted by atomic mass is 16.2.